The van der Waals surface area contributed by atoms with E-state index in [0.717, 1.165) is 0 Å². The van der Waals surface area contributed by atoms with E-state index in [0.29, 0.717) is 11.3 Å². The number of fused-ring (bicyclic) bond motifs is 1. The Kier molecular flexibility index (Phi) is 4.39. The maximum absolute atomic E-state index is 14.4. The van der Waals surface area contributed by atoms with Crippen molar-refractivity contribution < 1.29 is 18.7 Å². The lowest BCUT2D eigenvalue weighted by molar-refractivity contribution is -0.142. The third kappa shape index (κ3) is 2.92. The van der Waals surface area contributed by atoms with E-state index in [4.69, 9.17) is 15.2 Å². The van der Waals surface area contributed by atoms with Gasteiger partial charge in [-0.25, -0.2) is 4.39 Å². The number of aromatic nitrogens is 2. The molecule has 3 N–H and O–H groups in total. The summed E-state index contributed by atoms with van der Waals surface area (Å²) < 4.78 is 24.7. The van der Waals surface area contributed by atoms with Crippen molar-refractivity contribution in [1.82, 2.24) is 10.2 Å². The van der Waals surface area contributed by atoms with Crippen LogP contribution < -0.4 is 10.5 Å². The minimum Gasteiger partial charge on any atom is -0.466 e. The van der Waals surface area contributed by atoms with Crippen LogP contribution in [0, 0.1) is 17.1 Å². The van der Waals surface area contributed by atoms with Gasteiger partial charge in [-0.3, -0.25) is 9.89 Å². The number of carbonyl (C=O) groups excluding carboxylic acids is 1. The lowest BCUT2D eigenvalue weighted by Gasteiger charge is -2.24. The Labute approximate surface area is 142 Å². The van der Waals surface area contributed by atoms with Gasteiger partial charge in [0.2, 0.25) is 11.8 Å². The monoisotopic (exact) mass is 342 g/mol. The zero-order chi connectivity index (χ0) is 18.0. The number of esters is 1. The molecule has 1 aromatic heterocycles. The number of carbonyl (C=O) groups is 1. The summed E-state index contributed by atoms with van der Waals surface area (Å²) in [6.07, 6.45) is -0.108. The Morgan fingerprint density at radius 1 is 1.52 bits per heavy atom. The number of aromatic amines is 1. The molecule has 0 amide bonds. The highest BCUT2D eigenvalue weighted by molar-refractivity contribution is 5.73. The van der Waals surface area contributed by atoms with E-state index in [9.17, 15) is 14.4 Å². The van der Waals surface area contributed by atoms with Crippen LogP contribution in [0.4, 0.5) is 4.39 Å². The molecule has 1 aliphatic heterocycles. The molecule has 25 heavy (non-hydrogen) atoms. The molecule has 0 spiro atoms. The predicted molar refractivity (Wildman–Crippen MR) is 84.6 cm³/mol. The zero-order valence-corrected chi connectivity index (χ0v) is 13.4. The molecule has 128 valence electrons. The normalized spacial score (nSPS) is 16.0. The maximum atomic E-state index is 14.4. The Balaban J connectivity index is 2.14. The van der Waals surface area contributed by atoms with Crippen LogP contribution in [-0.2, 0) is 16.0 Å². The molecule has 3 rings (SSSR count). The lowest BCUT2D eigenvalue weighted by Crippen LogP contribution is -2.22. The quantitative estimate of drug-likeness (QED) is 0.820. The minimum atomic E-state index is -0.821. The topological polar surface area (TPSA) is 114 Å². The molecule has 1 atom stereocenters. The highest BCUT2D eigenvalue weighted by Crippen LogP contribution is 2.43. The maximum Gasteiger partial charge on any atom is 0.311 e. The first-order valence-corrected chi connectivity index (χ1v) is 7.61. The van der Waals surface area contributed by atoms with E-state index in [1.807, 2.05) is 6.07 Å². The molecule has 1 aromatic carbocycles. The van der Waals surface area contributed by atoms with Crippen molar-refractivity contribution in [3.8, 4) is 11.9 Å². The third-order valence-electron chi connectivity index (χ3n) is 3.86. The number of allylic oxidation sites excluding steroid dienone is 1. The summed E-state index contributed by atoms with van der Waals surface area (Å²) in [6, 6.07) is 8.03. The number of H-pyrrole nitrogens is 1. The molecule has 7 nitrogen and oxygen atoms in total. The Hall–Kier alpha value is -3.34. The highest BCUT2D eigenvalue weighted by Gasteiger charge is 2.36. The standard InChI is InChI=1S/C17H15FN4O3/c1-2-24-13(23)7-12-15-14(9-5-3-4-6-11(9)18)10(8-19)16(20)25-17(15)22-21-12/h3-6,14H,2,7,20H2,1H3,(H,21,22)/t14-/m0/s1. The summed E-state index contributed by atoms with van der Waals surface area (Å²) in [5.74, 6) is -1.81. The van der Waals surface area contributed by atoms with Crippen molar-refractivity contribution in [1.29, 1.82) is 5.26 Å². The number of nitriles is 1. The SMILES string of the molecule is CCOC(=O)Cc1[nH]nc2c1[C@@H](c1ccccc1F)C(C#N)=C(N)O2. The van der Waals surface area contributed by atoms with Gasteiger partial charge < -0.3 is 15.2 Å². The fraction of sp³-hybridized carbons (Fsp3) is 0.235. The summed E-state index contributed by atoms with van der Waals surface area (Å²) in [5, 5.41) is 16.2. The number of ether oxygens (including phenoxy) is 2. The number of nitrogens with two attached hydrogens (primary N) is 1. The second-order valence-corrected chi connectivity index (χ2v) is 5.35. The molecule has 2 heterocycles. The molecule has 0 saturated carbocycles. The molecular formula is C17H15FN4O3. The molecule has 0 fully saturated rings. The average molecular weight is 342 g/mol. The Morgan fingerprint density at radius 2 is 2.28 bits per heavy atom. The predicted octanol–water partition coefficient (Wildman–Crippen LogP) is 1.87. The number of hydrogen-bond donors (Lipinski definition) is 2. The second-order valence-electron chi connectivity index (χ2n) is 5.35. The van der Waals surface area contributed by atoms with Crippen LogP contribution >= 0.6 is 0 Å². The van der Waals surface area contributed by atoms with Crippen molar-refractivity contribution in [2.24, 2.45) is 5.73 Å². The van der Waals surface area contributed by atoms with Crippen LogP contribution in [0.15, 0.2) is 35.7 Å². The van der Waals surface area contributed by atoms with Crippen molar-refractivity contribution in [2.75, 3.05) is 6.61 Å². The largest absolute Gasteiger partial charge is 0.466 e. The summed E-state index contributed by atoms with van der Waals surface area (Å²) >= 11 is 0. The van der Waals surface area contributed by atoms with E-state index < -0.39 is 17.7 Å². The van der Waals surface area contributed by atoms with E-state index >= 15 is 0 Å². The first kappa shape index (κ1) is 16.5. The van der Waals surface area contributed by atoms with Gasteiger partial charge in [0, 0.05) is 5.56 Å². The number of benzene rings is 1. The highest BCUT2D eigenvalue weighted by atomic mass is 19.1. The first-order valence-electron chi connectivity index (χ1n) is 7.61. The molecule has 8 heteroatoms. The molecule has 0 saturated heterocycles. The smallest absolute Gasteiger partial charge is 0.311 e. The minimum absolute atomic E-state index is 0.0594. The summed E-state index contributed by atoms with van der Waals surface area (Å²) in [7, 11) is 0. The van der Waals surface area contributed by atoms with Gasteiger partial charge in [-0.1, -0.05) is 18.2 Å². The summed E-state index contributed by atoms with van der Waals surface area (Å²) in [4.78, 5) is 11.8. The van der Waals surface area contributed by atoms with E-state index in [1.54, 1.807) is 25.1 Å². The summed E-state index contributed by atoms with van der Waals surface area (Å²) in [6.45, 7) is 1.93. The fourth-order valence-electron chi connectivity index (χ4n) is 2.82. The van der Waals surface area contributed by atoms with Gasteiger partial charge in [0.1, 0.15) is 17.5 Å². The van der Waals surface area contributed by atoms with Gasteiger partial charge in [-0.2, -0.15) is 5.26 Å². The van der Waals surface area contributed by atoms with Crippen LogP contribution in [0.2, 0.25) is 0 Å². The van der Waals surface area contributed by atoms with Crippen molar-refractivity contribution >= 4 is 5.97 Å². The van der Waals surface area contributed by atoms with Crippen molar-refractivity contribution in [3.63, 3.8) is 0 Å². The van der Waals surface area contributed by atoms with E-state index in [2.05, 4.69) is 10.2 Å². The number of hydrogen-bond acceptors (Lipinski definition) is 6. The molecule has 0 radical (unpaired) electrons. The van der Waals surface area contributed by atoms with Gasteiger partial charge in [-0.15, -0.1) is 5.10 Å². The zero-order valence-electron chi connectivity index (χ0n) is 13.4. The van der Waals surface area contributed by atoms with Crippen LogP contribution in [0.5, 0.6) is 5.88 Å². The second kappa shape index (κ2) is 6.65. The molecular weight excluding hydrogens is 327 g/mol. The molecule has 2 aromatic rings. The van der Waals surface area contributed by atoms with Crippen molar-refractivity contribution in [3.05, 3.63) is 58.4 Å². The molecule has 0 bridgehead atoms. The fourth-order valence-corrected chi connectivity index (χ4v) is 2.82. The lowest BCUT2D eigenvalue weighted by atomic mass is 9.83. The van der Waals surface area contributed by atoms with Crippen LogP contribution in [0.3, 0.4) is 0 Å². The average Bonchev–Trinajstić information content (AvgIpc) is 2.96. The number of nitrogens with one attached hydrogen (secondary N) is 1. The molecule has 0 unspecified atom stereocenters. The van der Waals surface area contributed by atoms with Crippen LogP contribution in [0.1, 0.15) is 29.7 Å². The van der Waals surface area contributed by atoms with Crippen LogP contribution in [-0.4, -0.2) is 22.8 Å². The van der Waals surface area contributed by atoms with Gasteiger partial charge in [-0.05, 0) is 13.0 Å². The molecule has 1 aliphatic rings. The van der Waals surface area contributed by atoms with Crippen molar-refractivity contribution in [2.45, 2.75) is 19.3 Å². The number of rotatable bonds is 4. The summed E-state index contributed by atoms with van der Waals surface area (Å²) in [5.41, 5.74) is 6.91. The van der Waals surface area contributed by atoms with Crippen LogP contribution in [0.25, 0.3) is 0 Å². The van der Waals surface area contributed by atoms with Gasteiger partial charge in [0.25, 0.3) is 0 Å². The number of nitrogens with zero attached hydrogens (tertiary/aromatic N) is 2. The Bertz CT molecular complexity index is 898. The molecule has 0 aliphatic carbocycles. The Morgan fingerprint density at radius 3 is 2.96 bits per heavy atom. The van der Waals surface area contributed by atoms with E-state index in [-0.39, 0.29) is 35.9 Å². The van der Waals surface area contributed by atoms with Gasteiger partial charge in [0.05, 0.1) is 30.2 Å². The first-order chi connectivity index (χ1) is 12.1. The van der Waals surface area contributed by atoms with Gasteiger partial charge in [0.15, 0.2) is 0 Å². The van der Waals surface area contributed by atoms with Gasteiger partial charge >= 0.3 is 5.97 Å². The van der Waals surface area contributed by atoms with E-state index in [1.165, 1.54) is 6.07 Å². The number of halogens is 1. The third-order valence-corrected chi connectivity index (χ3v) is 3.86.